The Balaban J connectivity index is 1.10. The molecule has 0 atom stereocenters. The largest absolute Gasteiger partial charge is 0.463 e. The number of rotatable bonds is 18. The number of halogens is 1. The number of nitrogens with one attached hydrogen (secondary N) is 2. The van der Waals surface area contributed by atoms with Crippen LogP contribution < -0.4 is 10.0 Å². The smallest absolute Gasteiger partial charge is 0.344 e. The fourth-order valence-corrected chi connectivity index (χ4v) is 6.49. The molecule has 1 heterocycles. The van der Waals surface area contributed by atoms with Crippen molar-refractivity contribution in [2.24, 2.45) is 0 Å². The minimum atomic E-state index is -3.75. The molecule has 0 unspecified atom stereocenters. The van der Waals surface area contributed by atoms with Crippen LogP contribution in [0.5, 0.6) is 0 Å². The second-order valence-corrected chi connectivity index (χ2v) is 13.4. The normalized spacial score (nSPS) is 12.9. The van der Waals surface area contributed by atoms with Gasteiger partial charge in [-0.3, -0.25) is 4.79 Å². The fourth-order valence-electron chi connectivity index (χ4n) is 5.34. The number of sulfonamides is 1. The lowest BCUT2D eigenvalue weighted by atomic mass is 9.98. The highest BCUT2D eigenvalue weighted by atomic mass is 32.2. The van der Waals surface area contributed by atoms with Crippen LogP contribution in [0.25, 0.3) is 22.3 Å². The van der Waals surface area contributed by atoms with Crippen molar-refractivity contribution in [3.05, 3.63) is 94.3 Å². The molecular formula is C36H39FN2O10S. The van der Waals surface area contributed by atoms with Gasteiger partial charge < -0.3 is 28.7 Å². The van der Waals surface area contributed by atoms with Gasteiger partial charge in [0.15, 0.2) is 6.61 Å². The molecule has 4 aromatic rings. The molecule has 1 saturated carbocycles. The van der Waals surface area contributed by atoms with E-state index in [-0.39, 0.29) is 62.9 Å². The van der Waals surface area contributed by atoms with E-state index < -0.39 is 34.4 Å². The highest BCUT2D eigenvalue weighted by molar-refractivity contribution is 7.88. The number of carbonyl (C=O) groups excluding carboxylic acids is 3. The number of carbonyl (C=O) groups is 3. The molecule has 14 heteroatoms. The maximum Gasteiger partial charge on any atom is 0.344 e. The van der Waals surface area contributed by atoms with Gasteiger partial charge in [0.2, 0.25) is 10.0 Å². The molecule has 1 aliphatic carbocycles. The zero-order chi connectivity index (χ0) is 35.7. The van der Waals surface area contributed by atoms with E-state index in [0.29, 0.717) is 33.2 Å². The van der Waals surface area contributed by atoms with Crippen LogP contribution in [-0.2, 0) is 46.1 Å². The van der Waals surface area contributed by atoms with Crippen LogP contribution in [0.2, 0.25) is 0 Å². The van der Waals surface area contributed by atoms with Crippen LogP contribution in [0.15, 0.2) is 65.1 Å². The molecule has 12 nitrogen and oxygen atoms in total. The van der Waals surface area contributed by atoms with E-state index in [1.54, 1.807) is 37.3 Å². The predicted molar refractivity (Wildman–Crippen MR) is 181 cm³/mol. The summed E-state index contributed by atoms with van der Waals surface area (Å²) in [6.07, 6.45) is 1.83. The van der Waals surface area contributed by atoms with Crippen LogP contribution in [0.1, 0.15) is 63.1 Å². The van der Waals surface area contributed by atoms with E-state index in [1.165, 1.54) is 31.3 Å². The molecule has 2 N–H and O–H groups in total. The molecule has 266 valence electrons. The molecule has 0 aliphatic heterocycles. The zero-order valence-electron chi connectivity index (χ0n) is 27.8. The minimum absolute atomic E-state index is 0.0629. The molecule has 5 rings (SSSR count). The van der Waals surface area contributed by atoms with Gasteiger partial charge in [-0.2, -0.15) is 0 Å². The fraction of sp³-hybridized carbons (Fsp3) is 0.361. The topological polar surface area (TPSA) is 159 Å². The van der Waals surface area contributed by atoms with Gasteiger partial charge >= 0.3 is 11.9 Å². The van der Waals surface area contributed by atoms with Gasteiger partial charge in [-0.1, -0.05) is 12.1 Å². The SMILES string of the molecule is CCOC(=O)COC(=O)c1ccc(COCCOCCNS(=O)(=O)Cc2cc3oc(-c4ccc(F)cc4)c(C(=O)NC)c3cc2C2CC2)cc1. The van der Waals surface area contributed by atoms with E-state index >= 15 is 0 Å². The first-order valence-corrected chi connectivity index (χ1v) is 17.9. The Morgan fingerprint density at radius 1 is 0.940 bits per heavy atom. The van der Waals surface area contributed by atoms with Crippen LogP contribution >= 0.6 is 0 Å². The van der Waals surface area contributed by atoms with Crippen molar-refractivity contribution in [2.75, 3.05) is 46.6 Å². The van der Waals surface area contributed by atoms with E-state index in [1.807, 2.05) is 6.07 Å². The monoisotopic (exact) mass is 710 g/mol. The first-order valence-electron chi connectivity index (χ1n) is 16.2. The molecule has 1 aliphatic rings. The summed E-state index contributed by atoms with van der Waals surface area (Å²) in [6.45, 7) is 2.39. The van der Waals surface area contributed by atoms with E-state index in [9.17, 15) is 27.2 Å². The third-order valence-electron chi connectivity index (χ3n) is 7.90. The van der Waals surface area contributed by atoms with Gasteiger partial charge in [0, 0.05) is 24.5 Å². The molecule has 1 fully saturated rings. The standard InChI is InChI=1S/C36H39FN2O10S/c1-3-47-32(40)21-48-36(42)26-6-4-23(5-7-26)20-46-17-16-45-15-14-39-50(43,44)22-27-18-31-30(19-29(27)24-8-9-24)33(35(41)38-2)34(49-31)25-10-12-28(37)13-11-25/h4-7,10-13,18-19,24,39H,3,8-9,14-17,20-22H2,1-2H3,(H,38,41). The van der Waals surface area contributed by atoms with E-state index in [2.05, 4.69) is 10.0 Å². The second kappa shape index (κ2) is 16.9. The van der Waals surface area contributed by atoms with Gasteiger partial charge in [0.25, 0.3) is 5.91 Å². The van der Waals surface area contributed by atoms with Gasteiger partial charge in [-0.15, -0.1) is 0 Å². The van der Waals surface area contributed by atoms with Crippen LogP contribution in [-0.4, -0.2) is 72.9 Å². The summed E-state index contributed by atoms with van der Waals surface area (Å²) in [5, 5.41) is 3.21. The van der Waals surface area contributed by atoms with Crippen molar-refractivity contribution in [3.63, 3.8) is 0 Å². The lowest BCUT2D eigenvalue weighted by molar-refractivity contribution is -0.146. The summed E-state index contributed by atoms with van der Waals surface area (Å²) in [7, 11) is -2.23. The van der Waals surface area contributed by atoms with Gasteiger partial charge in [0.05, 0.1) is 49.9 Å². The summed E-state index contributed by atoms with van der Waals surface area (Å²) in [5.74, 6) is -1.84. The number of ether oxygens (including phenoxy) is 4. The number of fused-ring (bicyclic) bond motifs is 1. The van der Waals surface area contributed by atoms with Crippen molar-refractivity contribution in [1.82, 2.24) is 10.0 Å². The Morgan fingerprint density at radius 2 is 1.66 bits per heavy atom. The maximum absolute atomic E-state index is 13.6. The highest BCUT2D eigenvalue weighted by Gasteiger charge is 2.31. The third-order valence-corrected chi connectivity index (χ3v) is 9.23. The first kappa shape index (κ1) is 36.6. The second-order valence-electron chi connectivity index (χ2n) is 11.6. The van der Waals surface area contributed by atoms with Gasteiger partial charge in [-0.25, -0.2) is 27.1 Å². The average Bonchev–Trinajstić information content (AvgIpc) is 3.88. The number of esters is 2. The van der Waals surface area contributed by atoms with Crippen molar-refractivity contribution < 1.29 is 50.6 Å². The molecule has 1 amide bonds. The van der Waals surface area contributed by atoms with E-state index in [4.69, 9.17) is 23.4 Å². The lowest BCUT2D eigenvalue weighted by Crippen LogP contribution is -2.29. The van der Waals surface area contributed by atoms with Crippen molar-refractivity contribution in [2.45, 2.75) is 38.0 Å². The summed E-state index contributed by atoms with van der Waals surface area (Å²) < 4.78 is 69.2. The minimum Gasteiger partial charge on any atom is -0.463 e. The number of hydrogen-bond donors (Lipinski definition) is 2. The Bertz CT molecular complexity index is 1920. The number of amides is 1. The molecular weight excluding hydrogens is 671 g/mol. The quantitative estimate of drug-likeness (QED) is 0.108. The maximum atomic E-state index is 13.6. The molecule has 0 saturated heterocycles. The van der Waals surface area contributed by atoms with Crippen LogP contribution in [0.3, 0.4) is 0 Å². The number of furan rings is 1. The molecule has 0 spiro atoms. The first-order chi connectivity index (χ1) is 24.1. The molecule has 1 aromatic heterocycles. The average molecular weight is 711 g/mol. The Morgan fingerprint density at radius 3 is 2.34 bits per heavy atom. The predicted octanol–water partition coefficient (Wildman–Crippen LogP) is 4.85. The van der Waals surface area contributed by atoms with Gasteiger partial charge in [-0.05, 0) is 90.9 Å². The van der Waals surface area contributed by atoms with Crippen molar-refractivity contribution in [1.29, 1.82) is 0 Å². The lowest BCUT2D eigenvalue weighted by Gasteiger charge is -2.12. The zero-order valence-corrected chi connectivity index (χ0v) is 28.6. The molecule has 50 heavy (non-hydrogen) atoms. The molecule has 0 bridgehead atoms. The summed E-state index contributed by atoms with van der Waals surface area (Å²) >= 11 is 0. The van der Waals surface area contributed by atoms with Crippen LogP contribution in [0, 0.1) is 5.82 Å². The highest BCUT2D eigenvalue weighted by Crippen LogP contribution is 2.45. The number of benzene rings is 3. The third kappa shape index (κ3) is 9.75. The Labute approximate surface area is 289 Å². The molecule has 3 aromatic carbocycles. The Kier molecular flexibility index (Phi) is 12.4. The Hall–Kier alpha value is -4.63. The molecule has 0 radical (unpaired) electrons. The summed E-state index contributed by atoms with van der Waals surface area (Å²) in [6, 6.07) is 15.7. The van der Waals surface area contributed by atoms with Crippen molar-refractivity contribution >= 4 is 38.8 Å². The van der Waals surface area contributed by atoms with E-state index in [0.717, 1.165) is 24.0 Å². The van der Waals surface area contributed by atoms with Crippen LogP contribution in [0.4, 0.5) is 4.39 Å². The van der Waals surface area contributed by atoms with Gasteiger partial charge in [0.1, 0.15) is 17.2 Å². The van der Waals surface area contributed by atoms with Crippen molar-refractivity contribution in [3.8, 4) is 11.3 Å². The summed E-state index contributed by atoms with van der Waals surface area (Å²) in [5.41, 5.74) is 3.76. The summed E-state index contributed by atoms with van der Waals surface area (Å²) in [4.78, 5) is 36.3. The number of hydrogen-bond acceptors (Lipinski definition) is 10.